The monoisotopic (exact) mass is 382 g/mol. The van der Waals surface area contributed by atoms with Gasteiger partial charge in [-0.3, -0.25) is 14.3 Å². The van der Waals surface area contributed by atoms with Crippen molar-refractivity contribution in [2.24, 2.45) is 12.5 Å². The largest absolute Gasteiger partial charge is 0.339 e. The summed E-state index contributed by atoms with van der Waals surface area (Å²) in [6, 6.07) is 2.08. The third kappa shape index (κ3) is 3.76. The summed E-state index contributed by atoms with van der Waals surface area (Å²) in [6.07, 6.45) is 10.6. The maximum absolute atomic E-state index is 11.7. The number of aryl methyl sites for hydroxylation is 1. The van der Waals surface area contributed by atoms with E-state index in [-0.39, 0.29) is 11.5 Å². The molecule has 1 saturated carbocycles. The minimum atomic E-state index is -0.154. The van der Waals surface area contributed by atoms with Crippen molar-refractivity contribution in [2.75, 3.05) is 7.05 Å². The number of nitrogens with one attached hydrogen (secondary N) is 1. The number of hydrogen-bond donors (Lipinski definition) is 1. The summed E-state index contributed by atoms with van der Waals surface area (Å²) in [6.45, 7) is 7.88. The fraction of sp³-hybridized carbons (Fsp3) is 0.400. The van der Waals surface area contributed by atoms with Crippen LogP contribution in [0.15, 0.2) is 48.3 Å². The first kappa shape index (κ1) is 19.6. The number of hydrogen-bond acceptors (Lipinski definition) is 4. The maximum Gasteiger partial charge on any atom is 0.274 e. The average molecular weight is 382 g/mol. The molecule has 0 aromatic carbocycles. The van der Waals surface area contributed by atoms with Gasteiger partial charge >= 0.3 is 0 Å². The predicted octanol–water partition coefficient (Wildman–Crippen LogP) is 2.24. The normalized spacial score (nSPS) is 17.4. The lowest BCUT2D eigenvalue weighted by molar-refractivity contribution is -0.132. The number of carbonyl (C=O) groups is 1. The quantitative estimate of drug-likeness (QED) is 0.704. The molecule has 0 spiro atoms. The van der Waals surface area contributed by atoms with Crippen molar-refractivity contribution >= 4 is 11.4 Å². The second-order valence-corrected chi connectivity index (χ2v) is 7.76. The van der Waals surface area contributed by atoms with Crippen molar-refractivity contribution in [1.82, 2.24) is 29.3 Å². The number of nitrogens with zero attached hydrogens (tertiary/aromatic N) is 5. The van der Waals surface area contributed by atoms with Gasteiger partial charge in [0.15, 0.2) is 0 Å². The Morgan fingerprint density at radius 2 is 2.14 bits per heavy atom. The molecule has 148 valence electrons. The zero-order chi connectivity index (χ0) is 20.5. The number of aromatic amines is 1. The Labute approximate surface area is 163 Å². The predicted molar refractivity (Wildman–Crippen MR) is 108 cm³/mol. The molecule has 1 amide bonds. The van der Waals surface area contributed by atoms with Crippen LogP contribution < -0.4 is 5.56 Å². The van der Waals surface area contributed by atoms with Crippen LogP contribution in [0.1, 0.15) is 26.7 Å². The summed E-state index contributed by atoms with van der Waals surface area (Å²) in [5, 5.41) is 8.10. The molecule has 8 nitrogen and oxygen atoms in total. The molecule has 1 fully saturated rings. The van der Waals surface area contributed by atoms with Gasteiger partial charge in [-0.25, -0.2) is 4.52 Å². The van der Waals surface area contributed by atoms with E-state index in [1.807, 2.05) is 20.3 Å². The lowest BCUT2D eigenvalue weighted by Gasteiger charge is -2.49. The molecule has 0 radical (unpaired) electrons. The molecule has 0 bridgehead atoms. The van der Waals surface area contributed by atoms with Crippen LogP contribution in [0.3, 0.4) is 0 Å². The topological polar surface area (TPSA) is 88.3 Å². The molecule has 3 aromatic rings. The van der Waals surface area contributed by atoms with E-state index in [9.17, 15) is 9.59 Å². The Hall–Kier alpha value is -3.16. The highest BCUT2D eigenvalue weighted by Gasteiger charge is 2.41. The van der Waals surface area contributed by atoms with Crippen LogP contribution in [-0.2, 0) is 11.8 Å². The van der Waals surface area contributed by atoms with Crippen molar-refractivity contribution in [3.05, 3.63) is 53.9 Å². The van der Waals surface area contributed by atoms with E-state index in [1.165, 1.54) is 12.5 Å². The number of rotatable bonds is 3. The number of aromatic nitrogens is 5. The number of likely N-dealkylation sites (N-methyl/N-ethyl adjacent to an activating group) is 1. The van der Waals surface area contributed by atoms with Gasteiger partial charge in [0, 0.05) is 31.9 Å². The first-order valence-electron chi connectivity index (χ1n) is 9.18. The molecule has 1 aliphatic carbocycles. The Balaban J connectivity index is 0.000000169. The van der Waals surface area contributed by atoms with Gasteiger partial charge in [-0.05, 0) is 30.4 Å². The van der Waals surface area contributed by atoms with Crippen LogP contribution in [0.25, 0.3) is 16.8 Å². The number of H-pyrrole nitrogens is 1. The lowest BCUT2D eigenvalue weighted by Crippen LogP contribution is -2.52. The van der Waals surface area contributed by atoms with Crippen molar-refractivity contribution in [3.8, 4) is 11.3 Å². The molecule has 1 atom stereocenters. The lowest BCUT2D eigenvalue weighted by atomic mass is 9.66. The van der Waals surface area contributed by atoms with Gasteiger partial charge in [0.05, 0.1) is 24.3 Å². The Morgan fingerprint density at radius 3 is 2.68 bits per heavy atom. The molecule has 3 aromatic heterocycles. The molecule has 1 aliphatic rings. The first-order chi connectivity index (χ1) is 13.2. The summed E-state index contributed by atoms with van der Waals surface area (Å²) < 4.78 is 3.24. The second-order valence-electron chi connectivity index (χ2n) is 7.76. The van der Waals surface area contributed by atoms with Gasteiger partial charge in [0.25, 0.3) is 5.56 Å². The summed E-state index contributed by atoms with van der Waals surface area (Å²) >= 11 is 0. The average Bonchev–Trinajstić information content (AvgIpc) is 3.29. The van der Waals surface area contributed by atoms with E-state index < -0.39 is 0 Å². The van der Waals surface area contributed by atoms with Gasteiger partial charge in [-0.2, -0.15) is 10.2 Å². The summed E-state index contributed by atoms with van der Waals surface area (Å²) in [4.78, 5) is 27.5. The van der Waals surface area contributed by atoms with E-state index in [1.54, 1.807) is 38.8 Å². The fourth-order valence-corrected chi connectivity index (χ4v) is 3.51. The molecular formula is C20H26N6O2. The molecule has 0 unspecified atom stereocenters. The van der Waals surface area contributed by atoms with E-state index in [0.717, 1.165) is 12.0 Å². The van der Waals surface area contributed by atoms with Crippen LogP contribution in [0.2, 0.25) is 0 Å². The minimum Gasteiger partial charge on any atom is -0.339 e. The molecule has 0 saturated heterocycles. The minimum absolute atomic E-state index is 0.0350. The van der Waals surface area contributed by atoms with E-state index in [0.29, 0.717) is 22.7 Å². The Morgan fingerprint density at radius 1 is 1.39 bits per heavy atom. The van der Waals surface area contributed by atoms with Crippen LogP contribution in [0.4, 0.5) is 0 Å². The third-order valence-corrected chi connectivity index (χ3v) is 5.37. The molecule has 28 heavy (non-hydrogen) atoms. The molecule has 8 heteroatoms. The molecule has 4 rings (SSSR count). The van der Waals surface area contributed by atoms with Crippen molar-refractivity contribution in [1.29, 1.82) is 0 Å². The van der Waals surface area contributed by atoms with Crippen molar-refractivity contribution in [3.63, 3.8) is 0 Å². The summed E-state index contributed by atoms with van der Waals surface area (Å²) in [5.74, 6) is 0.0350. The standard InChI is InChI=1S/C10H9N5O.C10H17NO/c1-14-5-7(4-12-14)8-6-15-9(2-3-11-15)10(16)13-8;1-5-9(12)11(4)8-6-7-10(8,2)3/h2-6H,1H3,(H,13,16);5,8H,1,6-7H2,2-4H3/t;8-/m.0/s1. The van der Waals surface area contributed by atoms with Gasteiger partial charge < -0.3 is 9.88 Å². The third-order valence-electron chi connectivity index (χ3n) is 5.37. The van der Waals surface area contributed by atoms with E-state index >= 15 is 0 Å². The Kier molecular flexibility index (Phi) is 5.22. The highest BCUT2D eigenvalue weighted by atomic mass is 16.2. The zero-order valence-corrected chi connectivity index (χ0v) is 16.7. The maximum atomic E-state index is 11.7. The van der Waals surface area contributed by atoms with Gasteiger partial charge in [0.1, 0.15) is 5.52 Å². The molecule has 1 N–H and O–H groups in total. The summed E-state index contributed by atoms with van der Waals surface area (Å²) in [5.41, 5.74) is 2.24. The fourth-order valence-electron chi connectivity index (χ4n) is 3.51. The molecular weight excluding hydrogens is 356 g/mol. The molecule has 0 aliphatic heterocycles. The highest BCUT2D eigenvalue weighted by Crippen LogP contribution is 2.42. The van der Waals surface area contributed by atoms with E-state index in [4.69, 9.17) is 0 Å². The smallest absolute Gasteiger partial charge is 0.274 e. The van der Waals surface area contributed by atoms with Gasteiger partial charge in [-0.15, -0.1) is 0 Å². The van der Waals surface area contributed by atoms with Crippen molar-refractivity contribution < 1.29 is 4.79 Å². The van der Waals surface area contributed by atoms with Crippen molar-refractivity contribution in [2.45, 2.75) is 32.7 Å². The SMILES string of the molecule is C=CC(=O)N(C)[C@H]1CCC1(C)C.Cn1cc(-c2cn3nccc3c(=O)[nH]2)cn1. The van der Waals surface area contributed by atoms with E-state index in [2.05, 4.69) is 35.6 Å². The van der Waals surface area contributed by atoms with Crippen LogP contribution in [0, 0.1) is 5.41 Å². The number of fused-ring (bicyclic) bond motifs is 1. The Bertz CT molecular complexity index is 1060. The summed E-state index contributed by atoms with van der Waals surface area (Å²) in [7, 11) is 3.68. The first-order valence-corrected chi connectivity index (χ1v) is 9.18. The number of amides is 1. The van der Waals surface area contributed by atoms with Gasteiger partial charge in [-0.1, -0.05) is 20.4 Å². The molecule has 3 heterocycles. The van der Waals surface area contributed by atoms with Crippen LogP contribution >= 0.6 is 0 Å². The zero-order valence-electron chi connectivity index (χ0n) is 16.7. The highest BCUT2D eigenvalue weighted by molar-refractivity contribution is 5.87. The van der Waals surface area contributed by atoms with Crippen LogP contribution in [0.5, 0.6) is 0 Å². The van der Waals surface area contributed by atoms with Crippen LogP contribution in [-0.4, -0.2) is 48.3 Å². The van der Waals surface area contributed by atoms with Gasteiger partial charge in [0.2, 0.25) is 5.91 Å². The second kappa shape index (κ2) is 7.46. The number of carbonyl (C=O) groups excluding carboxylic acids is 1.